The number of rotatable bonds is 6. The van der Waals surface area contributed by atoms with Crippen LogP contribution in [0.3, 0.4) is 0 Å². The van der Waals surface area contributed by atoms with Crippen molar-refractivity contribution in [3.63, 3.8) is 0 Å². The number of hydrogen-bond donors (Lipinski definition) is 1. The third-order valence-corrected chi connectivity index (χ3v) is 5.20. The predicted octanol–water partition coefficient (Wildman–Crippen LogP) is 6.22. The van der Waals surface area contributed by atoms with Crippen molar-refractivity contribution in [2.45, 2.75) is 4.90 Å². The average molecular weight is 416 g/mol. The Bertz CT molecular complexity index is 974. The van der Waals surface area contributed by atoms with Crippen LogP contribution in [-0.2, 0) is 0 Å². The van der Waals surface area contributed by atoms with Gasteiger partial charge in [0.2, 0.25) is 0 Å². The highest BCUT2D eigenvalue weighted by molar-refractivity contribution is 8.00. The van der Waals surface area contributed by atoms with E-state index in [4.69, 9.17) is 23.2 Å². The van der Waals surface area contributed by atoms with Gasteiger partial charge in [0, 0.05) is 31.8 Å². The Morgan fingerprint density at radius 1 is 0.815 bits per heavy atom. The first kappa shape index (κ1) is 19.5. The third kappa shape index (κ3) is 5.60. The van der Waals surface area contributed by atoms with Crippen LogP contribution in [-0.4, -0.2) is 17.4 Å². The standard InChI is InChI=1S/C21H15Cl2NO2S/c22-16-9-7-14(8-10-16)20(25)13-27-19-6-2-5-18(12-19)24-21(26)15-3-1-4-17(23)11-15/h1-12H,13H2,(H,24,26). The Morgan fingerprint density at radius 3 is 2.30 bits per heavy atom. The van der Waals surface area contributed by atoms with Gasteiger partial charge >= 0.3 is 0 Å². The number of ketones is 1. The molecule has 1 N–H and O–H groups in total. The highest BCUT2D eigenvalue weighted by Crippen LogP contribution is 2.23. The topological polar surface area (TPSA) is 46.2 Å². The maximum absolute atomic E-state index is 12.3. The first-order valence-corrected chi connectivity index (χ1v) is 9.84. The van der Waals surface area contributed by atoms with Crippen LogP contribution >= 0.6 is 35.0 Å². The molecule has 0 aliphatic carbocycles. The zero-order chi connectivity index (χ0) is 19.2. The van der Waals surface area contributed by atoms with Crippen molar-refractivity contribution in [1.82, 2.24) is 0 Å². The summed E-state index contributed by atoms with van der Waals surface area (Å²) in [5, 5.41) is 3.95. The molecule has 27 heavy (non-hydrogen) atoms. The molecule has 136 valence electrons. The van der Waals surface area contributed by atoms with Gasteiger partial charge in [-0.2, -0.15) is 0 Å². The number of halogens is 2. The highest BCUT2D eigenvalue weighted by atomic mass is 35.5. The van der Waals surface area contributed by atoms with Gasteiger partial charge in [-0.15, -0.1) is 11.8 Å². The summed E-state index contributed by atoms with van der Waals surface area (Å²) in [5.41, 5.74) is 1.76. The molecule has 6 heteroatoms. The number of amides is 1. The second-order valence-electron chi connectivity index (χ2n) is 5.71. The zero-order valence-electron chi connectivity index (χ0n) is 14.1. The van der Waals surface area contributed by atoms with E-state index in [9.17, 15) is 9.59 Å². The second kappa shape index (κ2) is 9.09. The minimum Gasteiger partial charge on any atom is -0.322 e. The fraction of sp³-hybridized carbons (Fsp3) is 0.0476. The van der Waals surface area contributed by atoms with Crippen molar-refractivity contribution in [3.05, 3.63) is 94.0 Å². The molecule has 0 radical (unpaired) electrons. The molecule has 0 atom stereocenters. The first-order chi connectivity index (χ1) is 13.0. The van der Waals surface area contributed by atoms with E-state index in [-0.39, 0.29) is 11.7 Å². The summed E-state index contributed by atoms with van der Waals surface area (Å²) in [6.07, 6.45) is 0. The van der Waals surface area contributed by atoms with E-state index >= 15 is 0 Å². The SMILES string of the molecule is O=C(CSc1cccc(NC(=O)c2cccc(Cl)c2)c1)c1ccc(Cl)cc1. The molecule has 0 unspecified atom stereocenters. The van der Waals surface area contributed by atoms with E-state index < -0.39 is 0 Å². The van der Waals surface area contributed by atoms with Gasteiger partial charge in [0.25, 0.3) is 5.91 Å². The van der Waals surface area contributed by atoms with E-state index in [1.54, 1.807) is 54.6 Å². The largest absolute Gasteiger partial charge is 0.322 e. The minimum atomic E-state index is -0.239. The van der Waals surface area contributed by atoms with Crippen molar-refractivity contribution in [3.8, 4) is 0 Å². The molecule has 0 aliphatic rings. The fourth-order valence-corrected chi connectivity index (χ4v) is 3.53. The van der Waals surface area contributed by atoms with Gasteiger partial charge in [0.15, 0.2) is 5.78 Å². The molecule has 0 saturated heterocycles. The number of carbonyl (C=O) groups excluding carboxylic acids is 2. The average Bonchev–Trinajstić information content (AvgIpc) is 2.67. The number of Topliss-reactive ketones (excluding diaryl/α,β-unsaturated/α-hetero) is 1. The Labute approximate surface area is 171 Å². The van der Waals surface area contributed by atoms with Crippen LogP contribution in [0.2, 0.25) is 10.0 Å². The number of anilines is 1. The molecule has 3 aromatic carbocycles. The fourth-order valence-electron chi connectivity index (χ4n) is 2.36. The van der Waals surface area contributed by atoms with Gasteiger partial charge in [0.05, 0.1) is 5.75 Å². The van der Waals surface area contributed by atoms with E-state index in [1.165, 1.54) is 11.8 Å². The molecular formula is C21H15Cl2NO2S. The second-order valence-corrected chi connectivity index (χ2v) is 7.63. The van der Waals surface area contributed by atoms with Gasteiger partial charge in [0.1, 0.15) is 0 Å². The predicted molar refractivity (Wildman–Crippen MR) is 112 cm³/mol. The zero-order valence-corrected chi connectivity index (χ0v) is 16.4. The molecule has 3 nitrogen and oxygen atoms in total. The summed E-state index contributed by atoms with van der Waals surface area (Å²) in [6.45, 7) is 0. The lowest BCUT2D eigenvalue weighted by Crippen LogP contribution is -2.11. The minimum absolute atomic E-state index is 0.0185. The summed E-state index contributed by atoms with van der Waals surface area (Å²) in [5.74, 6) is 0.0785. The highest BCUT2D eigenvalue weighted by Gasteiger charge is 2.09. The van der Waals surface area contributed by atoms with Gasteiger partial charge in [-0.1, -0.05) is 35.3 Å². The van der Waals surface area contributed by atoms with Gasteiger partial charge in [-0.05, 0) is 60.7 Å². The first-order valence-electron chi connectivity index (χ1n) is 8.10. The summed E-state index contributed by atoms with van der Waals surface area (Å²) < 4.78 is 0. The Hall–Kier alpha value is -2.27. The Morgan fingerprint density at radius 2 is 1.56 bits per heavy atom. The Kier molecular flexibility index (Phi) is 6.56. The number of hydrogen-bond acceptors (Lipinski definition) is 3. The number of nitrogens with one attached hydrogen (secondary N) is 1. The monoisotopic (exact) mass is 415 g/mol. The molecule has 0 heterocycles. The van der Waals surface area contributed by atoms with Crippen LogP contribution in [0.25, 0.3) is 0 Å². The smallest absolute Gasteiger partial charge is 0.255 e. The molecular weight excluding hydrogens is 401 g/mol. The molecule has 3 aromatic rings. The molecule has 0 spiro atoms. The third-order valence-electron chi connectivity index (χ3n) is 3.71. The van der Waals surface area contributed by atoms with Crippen LogP contribution in [0.5, 0.6) is 0 Å². The summed E-state index contributed by atoms with van der Waals surface area (Å²) in [6, 6.07) is 21.0. The molecule has 0 fully saturated rings. The lowest BCUT2D eigenvalue weighted by Gasteiger charge is -2.08. The lowest BCUT2D eigenvalue weighted by atomic mass is 10.1. The van der Waals surface area contributed by atoms with Crippen molar-refractivity contribution in [2.24, 2.45) is 0 Å². The van der Waals surface area contributed by atoms with Gasteiger partial charge < -0.3 is 5.32 Å². The van der Waals surface area contributed by atoms with Crippen LogP contribution in [0.15, 0.2) is 77.7 Å². The van der Waals surface area contributed by atoms with Crippen molar-refractivity contribution < 1.29 is 9.59 Å². The summed E-state index contributed by atoms with van der Waals surface area (Å²) in [4.78, 5) is 25.5. The van der Waals surface area contributed by atoms with E-state index in [0.717, 1.165) is 4.90 Å². The van der Waals surface area contributed by atoms with Crippen LogP contribution in [0.1, 0.15) is 20.7 Å². The molecule has 3 rings (SSSR count). The number of carbonyl (C=O) groups is 2. The van der Waals surface area contributed by atoms with Crippen LogP contribution in [0, 0.1) is 0 Å². The van der Waals surface area contributed by atoms with Gasteiger partial charge in [-0.3, -0.25) is 9.59 Å². The normalized spacial score (nSPS) is 10.4. The van der Waals surface area contributed by atoms with Gasteiger partial charge in [-0.25, -0.2) is 0 Å². The lowest BCUT2D eigenvalue weighted by molar-refractivity contribution is 0.101. The van der Waals surface area contributed by atoms with E-state index in [1.807, 2.05) is 18.2 Å². The van der Waals surface area contributed by atoms with Crippen LogP contribution in [0.4, 0.5) is 5.69 Å². The van der Waals surface area contributed by atoms with Crippen molar-refractivity contribution in [1.29, 1.82) is 0 Å². The van der Waals surface area contributed by atoms with Crippen LogP contribution < -0.4 is 5.32 Å². The molecule has 0 bridgehead atoms. The maximum Gasteiger partial charge on any atom is 0.255 e. The molecule has 0 aromatic heterocycles. The molecule has 0 aliphatic heterocycles. The number of benzene rings is 3. The van der Waals surface area contributed by atoms with Crippen molar-refractivity contribution in [2.75, 3.05) is 11.1 Å². The maximum atomic E-state index is 12.3. The number of thioether (sulfide) groups is 1. The molecule has 1 amide bonds. The van der Waals surface area contributed by atoms with Crippen molar-refractivity contribution >= 4 is 52.3 Å². The Balaban J connectivity index is 1.62. The quantitative estimate of drug-likeness (QED) is 0.383. The van der Waals surface area contributed by atoms with E-state index in [2.05, 4.69) is 5.32 Å². The summed E-state index contributed by atoms with van der Waals surface area (Å²) >= 11 is 13.2. The van der Waals surface area contributed by atoms with E-state index in [0.29, 0.717) is 32.6 Å². The molecule has 0 saturated carbocycles. The summed E-state index contributed by atoms with van der Waals surface area (Å²) in [7, 11) is 0.